The van der Waals surface area contributed by atoms with E-state index in [-0.39, 0.29) is 17.0 Å². The number of unbranched alkanes of at least 4 members (excludes halogenated alkanes) is 7. The van der Waals surface area contributed by atoms with Crippen molar-refractivity contribution < 1.29 is 21.9 Å². The molecule has 0 unspecified atom stereocenters. The fraction of sp³-hybridized carbons (Fsp3) is 1.00. The van der Waals surface area contributed by atoms with E-state index >= 15 is 0 Å². The van der Waals surface area contributed by atoms with Gasteiger partial charge in [0.25, 0.3) is 0 Å². The van der Waals surface area contributed by atoms with E-state index in [0.29, 0.717) is 0 Å². The maximum absolute atomic E-state index is 2.29. The van der Waals surface area contributed by atoms with Gasteiger partial charge in [-0.05, 0) is 12.8 Å². The summed E-state index contributed by atoms with van der Waals surface area (Å²) in [6, 6.07) is 0. The Bertz CT molecular complexity index is 133. The fourth-order valence-corrected chi connectivity index (χ4v) is 2.63. The molecule has 0 aliphatic carbocycles. The number of nitrogens with one attached hydrogen (secondary N) is 1. The van der Waals surface area contributed by atoms with Crippen LogP contribution in [0, 0.1) is 0 Å². The summed E-state index contributed by atoms with van der Waals surface area (Å²) in [6.45, 7) is 6.65. The van der Waals surface area contributed by atoms with Crippen LogP contribution >= 0.6 is 0 Å². The highest BCUT2D eigenvalue weighted by atomic mass is 79.9. The predicted molar refractivity (Wildman–Crippen MR) is 67.4 cm³/mol. The second kappa shape index (κ2) is 11.9. The molecule has 0 aromatic carbocycles. The average Bonchev–Trinajstić information content (AvgIpc) is 2.75. The zero-order valence-corrected chi connectivity index (χ0v) is 12.7. The monoisotopic (exact) mass is 291 g/mol. The molecule has 1 rings (SSSR count). The molecule has 1 saturated heterocycles. The van der Waals surface area contributed by atoms with Crippen LogP contribution in [-0.2, 0) is 0 Å². The molecule has 1 nitrogen and oxygen atoms in total. The highest BCUT2D eigenvalue weighted by Gasteiger charge is 2.13. The molecule has 1 N–H and O–H groups in total. The van der Waals surface area contributed by atoms with Crippen molar-refractivity contribution in [1.29, 1.82) is 0 Å². The molecule has 0 bridgehead atoms. The first-order chi connectivity index (χ1) is 7.43. The van der Waals surface area contributed by atoms with E-state index < -0.39 is 0 Å². The van der Waals surface area contributed by atoms with Crippen LogP contribution in [0.25, 0.3) is 0 Å². The molecule has 0 amide bonds. The van der Waals surface area contributed by atoms with Gasteiger partial charge in [-0.15, -0.1) is 0 Å². The van der Waals surface area contributed by atoms with Crippen LogP contribution in [0.5, 0.6) is 0 Å². The lowest BCUT2D eigenvalue weighted by molar-refractivity contribution is -0.887. The summed E-state index contributed by atoms with van der Waals surface area (Å²) in [4.78, 5) is 1.88. The van der Waals surface area contributed by atoms with Gasteiger partial charge < -0.3 is 21.9 Å². The van der Waals surface area contributed by atoms with E-state index in [2.05, 4.69) is 6.92 Å². The molecule has 0 spiro atoms. The normalized spacial score (nSPS) is 16.3. The minimum Gasteiger partial charge on any atom is -1.00 e. The van der Waals surface area contributed by atoms with Crippen LogP contribution < -0.4 is 21.9 Å². The van der Waals surface area contributed by atoms with Crippen LogP contribution in [-0.4, -0.2) is 19.6 Å². The Kier molecular flexibility index (Phi) is 12.2. The third-order valence-electron chi connectivity index (χ3n) is 3.69. The second-order valence-electron chi connectivity index (χ2n) is 5.18. The number of rotatable bonds is 9. The van der Waals surface area contributed by atoms with Crippen molar-refractivity contribution in [3.05, 3.63) is 0 Å². The van der Waals surface area contributed by atoms with Gasteiger partial charge in [-0.25, -0.2) is 0 Å². The number of hydrogen-bond acceptors (Lipinski definition) is 0. The maximum Gasteiger partial charge on any atom is 0.0773 e. The molecule has 0 atom stereocenters. The molecule has 1 heterocycles. The average molecular weight is 292 g/mol. The first-order valence-electron chi connectivity index (χ1n) is 7.27. The topological polar surface area (TPSA) is 4.44 Å². The van der Waals surface area contributed by atoms with Gasteiger partial charge in [-0.3, -0.25) is 0 Å². The smallest absolute Gasteiger partial charge is 0.0773 e. The van der Waals surface area contributed by atoms with Gasteiger partial charge in [0.1, 0.15) is 0 Å². The zero-order chi connectivity index (χ0) is 10.8. The van der Waals surface area contributed by atoms with Crippen molar-refractivity contribution >= 4 is 0 Å². The molecule has 1 aliphatic rings. The SMILES string of the molecule is CCCCCCCCCC[NH+]1CCCC1.[Br-]. The van der Waals surface area contributed by atoms with Crippen molar-refractivity contribution in [1.82, 2.24) is 0 Å². The molecular formula is C14H30BrN. The molecular weight excluding hydrogens is 262 g/mol. The quantitative estimate of drug-likeness (QED) is 0.562. The Morgan fingerprint density at radius 2 is 1.25 bits per heavy atom. The Morgan fingerprint density at radius 1 is 0.750 bits per heavy atom. The van der Waals surface area contributed by atoms with Crippen LogP contribution in [0.4, 0.5) is 0 Å². The van der Waals surface area contributed by atoms with Crippen molar-refractivity contribution in [2.24, 2.45) is 0 Å². The summed E-state index contributed by atoms with van der Waals surface area (Å²) in [6.07, 6.45) is 14.6. The lowest BCUT2D eigenvalue weighted by Crippen LogP contribution is -3.09. The molecule has 0 aromatic rings. The standard InChI is InChI=1S/C14H29N.BrH/c1-2-3-4-5-6-7-8-9-12-15-13-10-11-14-15;/h2-14H2,1H3;1H. The highest BCUT2D eigenvalue weighted by molar-refractivity contribution is 4.48. The Morgan fingerprint density at radius 3 is 1.81 bits per heavy atom. The zero-order valence-electron chi connectivity index (χ0n) is 11.1. The van der Waals surface area contributed by atoms with Crippen molar-refractivity contribution in [3.8, 4) is 0 Å². The third kappa shape index (κ3) is 8.58. The maximum atomic E-state index is 2.29. The Labute approximate surface area is 113 Å². The summed E-state index contributed by atoms with van der Waals surface area (Å²) < 4.78 is 0. The van der Waals surface area contributed by atoms with Crippen LogP contribution in [0.3, 0.4) is 0 Å². The fourth-order valence-electron chi connectivity index (χ4n) is 2.63. The summed E-state index contributed by atoms with van der Waals surface area (Å²) in [5.41, 5.74) is 0. The minimum absolute atomic E-state index is 0. The van der Waals surface area contributed by atoms with Crippen molar-refractivity contribution in [2.75, 3.05) is 19.6 Å². The summed E-state index contributed by atoms with van der Waals surface area (Å²) in [7, 11) is 0. The molecule has 16 heavy (non-hydrogen) atoms. The highest BCUT2D eigenvalue weighted by Crippen LogP contribution is 2.07. The summed E-state index contributed by atoms with van der Waals surface area (Å²) in [5.74, 6) is 0. The van der Waals surface area contributed by atoms with Crippen LogP contribution in [0.2, 0.25) is 0 Å². The molecule has 1 fully saturated rings. The Balaban J connectivity index is 0.00000225. The van der Waals surface area contributed by atoms with Crippen LogP contribution in [0.15, 0.2) is 0 Å². The summed E-state index contributed by atoms with van der Waals surface area (Å²) in [5, 5.41) is 0. The number of hydrogen-bond donors (Lipinski definition) is 1. The van der Waals surface area contributed by atoms with Gasteiger partial charge in [0.2, 0.25) is 0 Å². The minimum atomic E-state index is 0. The van der Waals surface area contributed by atoms with Gasteiger partial charge in [-0.2, -0.15) is 0 Å². The Hall–Kier alpha value is 0.440. The van der Waals surface area contributed by atoms with E-state index in [4.69, 9.17) is 0 Å². The number of quaternary nitrogens is 1. The molecule has 98 valence electrons. The largest absolute Gasteiger partial charge is 1.00 e. The van der Waals surface area contributed by atoms with E-state index in [9.17, 15) is 0 Å². The number of halogens is 1. The first-order valence-corrected chi connectivity index (χ1v) is 7.27. The second-order valence-corrected chi connectivity index (χ2v) is 5.18. The van der Waals surface area contributed by atoms with Gasteiger partial charge >= 0.3 is 0 Å². The van der Waals surface area contributed by atoms with E-state index in [1.54, 1.807) is 0 Å². The van der Waals surface area contributed by atoms with Gasteiger partial charge in [0.15, 0.2) is 0 Å². The van der Waals surface area contributed by atoms with E-state index in [1.165, 1.54) is 83.8 Å². The predicted octanol–water partition coefficient (Wildman–Crippen LogP) is -0.190. The van der Waals surface area contributed by atoms with Crippen molar-refractivity contribution in [2.45, 2.75) is 71.1 Å². The van der Waals surface area contributed by atoms with Crippen molar-refractivity contribution in [3.63, 3.8) is 0 Å². The van der Waals surface area contributed by atoms with Gasteiger partial charge in [-0.1, -0.05) is 45.4 Å². The third-order valence-corrected chi connectivity index (χ3v) is 3.69. The molecule has 2 heteroatoms. The lowest BCUT2D eigenvalue weighted by Gasteiger charge is -2.11. The molecule has 0 saturated carbocycles. The van der Waals surface area contributed by atoms with Crippen LogP contribution in [0.1, 0.15) is 71.1 Å². The molecule has 1 aliphatic heterocycles. The lowest BCUT2D eigenvalue weighted by atomic mass is 10.1. The first kappa shape index (κ1) is 16.4. The van der Waals surface area contributed by atoms with E-state index in [1.807, 2.05) is 4.90 Å². The van der Waals surface area contributed by atoms with Gasteiger partial charge in [0, 0.05) is 12.8 Å². The molecule has 0 aromatic heterocycles. The van der Waals surface area contributed by atoms with Gasteiger partial charge in [0.05, 0.1) is 19.6 Å². The number of likely N-dealkylation sites (tertiary alicyclic amines) is 1. The molecule has 0 radical (unpaired) electrons. The van der Waals surface area contributed by atoms with E-state index in [0.717, 1.165) is 0 Å². The summed E-state index contributed by atoms with van der Waals surface area (Å²) >= 11 is 0.